The van der Waals surface area contributed by atoms with Crippen LogP contribution in [0.4, 0.5) is 5.82 Å². The summed E-state index contributed by atoms with van der Waals surface area (Å²) in [5, 5.41) is 5.50. The van der Waals surface area contributed by atoms with Crippen LogP contribution in [0, 0.1) is 6.92 Å². The summed E-state index contributed by atoms with van der Waals surface area (Å²) in [6.45, 7) is 2.70. The largest absolute Gasteiger partial charge is 0.364 e. The Balaban J connectivity index is 1.75. The smallest absolute Gasteiger partial charge is 0.163 e. The van der Waals surface area contributed by atoms with Crippen LogP contribution in [0.3, 0.4) is 0 Å². The molecule has 0 amide bonds. The normalized spacial score (nSPS) is 10.9. The van der Waals surface area contributed by atoms with Crippen LogP contribution < -0.4 is 5.32 Å². The lowest BCUT2D eigenvalue weighted by atomic mass is 10.2. The molecular formula is C18H15N5S. The first-order valence-corrected chi connectivity index (χ1v) is 8.43. The van der Waals surface area contributed by atoms with Gasteiger partial charge in [-0.2, -0.15) is 0 Å². The van der Waals surface area contributed by atoms with Crippen LogP contribution in [-0.2, 0) is 6.54 Å². The molecule has 1 N–H and O–H groups in total. The van der Waals surface area contributed by atoms with E-state index in [1.165, 1.54) is 4.88 Å². The van der Waals surface area contributed by atoms with Crippen molar-refractivity contribution in [2.75, 3.05) is 5.32 Å². The van der Waals surface area contributed by atoms with E-state index in [-0.39, 0.29) is 0 Å². The zero-order chi connectivity index (χ0) is 16.4. The molecule has 4 rings (SSSR count). The number of pyridine rings is 1. The van der Waals surface area contributed by atoms with Crippen molar-refractivity contribution < 1.29 is 0 Å². The Hall–Kier alpha value is -2.86. The van der Waals surface area contributed by atoms with Gasteiger partial charge in [-0.3, -0.25) is 4.98 Å². The molecule has 4 aromatic rings. The highest BCUT2D eigenvalue weighted by Crippen LogP contribution is 2.25. The maximum absolute atomic E-state index is 4.72. The van der Waals surface area contributed by atoms with Crippen molar-refractivity contribution in [1.82, 2.24) is 19.9 Å². The quantitative estimate of drug-likeness (QED) is 0.610. The highest BCUT2D eigenvalue weighted by Gasteiger charge is 2.09. The second-order valence-electron chi connectivity index (χ2n) is 5.35. The fourth-order valence-electron chi connectivity index (χ4n) is 2.49. The number of nitrogens with zero attached hydrogens (tertiary/aromatic N) is 4. The molecule has 0 spiro atoms. The SMILES string of the molecule is Cc1ncc(CNc2nc(-c3cccnc3)nc3ccccc23)s1. The number of hydrogen-bond donors (Lipinski definition) is 1. The number of para-hydroxylation sites is 1. The molecule has 0 aliphatic carbocycles. The summed E-state index contributed by atoms with van der Waals surface area (Å²) < 4.78 is 0. The second kappa shape index (κ2) is 6.33. The van der Waals surface area contributed by atoms with Gasteiger partial charge < -0.3 is 5.32 Å². The van der Waals surface area contributed by atoms with E-state index in [1.807, 2.05) is 49.5 Å². The van der Waals surface area contributed by atoms with Crippen molar-refractivity contribution in [2.45, 2.75) is 13.5 Å². The zero-order valence-corrected chi connectivity index (χ0v) is 13.9. The third kappa shape index (κ3) is 2.96. The number of benzene rings is 1. The Morgan fingerprint density at radius 2 is 1.96 bits per heavy atom. The molecule has 24 heavy (non-hydrogen) atoms. The molecule has 118 valence electrons. The van der Waals surface area contributed by atoms with Crippen molar-refractivity contribution in [3.05, 3.63) is 64.9 Å². The summed E-state index contributed by atoms with van der Waals surface area (Å²) in [5.41, 5.74) is 1.81. The summed E-state index contributed by atoms with van der Waals surface area (Å²) in [6, 6.07) is 11.9. The van der Waals surface area contributed by atoms with Crippen LogP contribution in [0.2, 0.25) is 0 Å². The first-order chi connectivity index (χ1) is 11.8. The van der Waals surface area contributed by atoms with Gasteiger partial charge in [-0.05, 0) is 31.2 Å². The van der Waals surface area contributed by atoms with E-state index in [2.05, 4.69) is 20.3 Å². The predicted octanol–water partition coefficient (Wildman–Crippen LogP) is 4.07. The fourth-order valence-corrected chi connectivity index (χ4v) is 3.23. The van der Waals surface area contributed by atoms with Crippen molar-refractivity contribution in [1.29, 1.82) is 0 Å². The first kappa shape index (κ1) is 14.7. The number of hydrogen-bond acceptors (Lipinski definition) is 6. The molecule has 0 aliphatic rings. The average molecular weight is 333 g/mol. The van der Waals surface area contributed by atoms with Crippen LogP contribution in [0.25, 0.3) is 22.3 Å². The third-order valence-electron chi connectivity index (χ3n) is 3.62. The van der Waals surface area contributed by atoms with Gasteiger partial charge in [0.15, 0.2) is 5.82 Å². The first-order valence-electron chi connectivity index (χ1n) is 7.62. The maximum Gasteiger partial charge on any atom is 0.163 e. The van der Waals surface area contributed by atoms with Crippen LogP contribution in [0.15, 0.2) is 55.0 Å². The van der Waals surface area contributed by atoms with Gasteiger partial charge in [0, 0.05) is 34.4 Å². The third-order valence-corrected chi connectivity index (χ3v) is 4.53. The highest BCUT2D eigenvalue weighted by molar-refractivity contribution is 7.11. The molecule has 1 aromatic carbocycles. The number of rotatable bonds is 4. The van der Waals surface area contributed by atoms with E-state index >= 15 is 0 Å². The number of aryl methyl sites for hydroxylation is 1. The standard InChI is InChI=1S/C18H15N5S/c1-12-20-10-14(24-12)11-21-18-15-6-2-3-7-16(15)22-17(23-18)13-5-4-8-19-9-13/h2-10H,11H2,1H3,(H,21,22,23). The van der Waals surface area contributed by atoms with Gasteiger partial charge in [0.05, 0.1) is 17.1 Å². The van der Waals surface area contributed by atoms with Gasteiger partial charge in [-0.1, -0.05) is 12.1 Å². The maximum atomic E-state index is 4.72. The van der Waals surface area contributed by atoms with Gasteiger partial charge >= 0.3 is 0 Å². The van der Waals surface area contributed by atoms with Crippen molar-refractivity contribution in [3.8, 4) is 11.4 Å². The Bertz CT molecular complexity index is 981. The monoisotopic (exact) mass is 333 g/mol. The minimum Gasteiger partial charge on any atom is -0.364 e. The predicted molar refractivity (Wildman–Crippen MR) is 96.9 cm³/mol. The van der Waals surface area contributed by atoms with Gasteiger partial charge in [0.2, 0.25) is 0 Å². The molecular weight excluding hydrogens is 318 g/mol. The minimum atomic E-state index is 0.671. The summed E-state index contributed by atoms with van der Waals surface area (Å²) >= 11 is 1.69. The van der Waals surface area contributed by atoms with Gasteiger partial charge in [0.25, 0.3) is 0 Å². The molecule has 6 heteroatoms. The van der Waals surface area contributed by atoms with Crippen LogP contribution in [0.1, 0.15) is 9.88 Å². The second-order valence-corrected chi connectivity index (χ2v) is 6.67. The number of anilines is 1. The summed E-state index contributed by atoms with van der Waals surface area (Å²) in [7, 11) is 0. The van der Waals surface area contributed by atoms with Crippen molar-refractivity contribution >= 4 is 28.1 Å². The Kier molecular flexibility index (Phi) is 3.88. The van der Waals surface area contributed by atoms with Gasteiger partial charge in [0.1, 0.15) is 5.82 Å². The van der Waals surface area contributed by atoms with E-state index in [4.69, 9.17) is 4.98 Å². The van der Waals surface area contributed by atoms with Gasteiger partial charge in [-0.15, -0.1) is 11.3 Å². The molecule has 0 saturated heterocycles. The topological polar surface area (TPSA) is 63.6 Å². The number of thiazole rings is 1. The molecule has 3 heterocycles. The number of aromatic nitrogens is 4. The fraction of sp³-hybridized carbons (Fsp3) is 0.111. The molecule has 0 fully saturated rings. The minimum absolute atomic E-state index is 0.671. The van der Waals surface area contributed by atoms with E-state index in [1.54, 1.807) is 23.7 Å². The summed E-state index contributed by atoms with van der Waals surface area (Å²) in [4.78, 5) is 19.0. The van der Waals surface area contributed by atoms with E-state index < -0.39 is 0 Å². The lowest BCUT2D eigenvalue weighted by molar-refractivity contribution is 1.12. The summed E-state index contributed by atoms with van der Waals surface area (Å²) in [5.74, 6) is 1.50. The lowest BCUT2D eigenvalue weighted by Crippen LogP contribution is -2.03. The Morgan fingerprint density at radius 3 is 2.75 bits per heavy atom. The average Bonchev–Trinajstić information content (AvgIpc) is 3.05. The number of nitrogens with one attached hydrogen (secondary N) is 1. The van der Waals surface area contributed by atoms with Crippen LogP contribution in [-0.4, -0.2) is 19.9 Å². The van der Waals surface area contributed by atoms with E-state index in [0.717, 1.165) is 27.3 Å². The molecule has 0 aliphatic heterocycles. The van der Waals surface area contributed by atoms with Crippen LogP contribution >= 0.6 is 11.3 Å². The van der Waals surface area contributed by atoms with Crippen LogP contribution in [0.5, 0.6) is 0 Å². The summed E-state index contributed by atoms with van der Waals surface area (Å²) in [6.07, 6.45) is 5.43. The van der Waals surface area contributed by atoms with E-state index in [0.29, 0.717) is 12.4 Å². The van der Waals surface area contributed by atoms with E-state index in [9.17, 15) is 0 Å². The zero-order valence-electron chi connectivity index (χ0n) is 13.1. The molecule has 3 aromatic heterocycles. The molecule has 0 saturated carbocycles. The molecule has 5 nitrogen and oxygen atoms in total. The highest BCUT2D eigenvalue weighted by atomic mass is 32.1. The Labute approximate surface area is 143 Å². The molecule has 0 atom stereocenters. The lowest BCUT2D eigenvalue weighted by Gasteiger charge is -2.10. The number of fused-ring (bicyclic) bond motifs is 1. The molecule has 0 radical (unpaired) electrons. The molecule has 0 bridgehead atoms. The van der Waals surface area contributed by atoms with Crippen molar-refractivity contribution in [2.24, 2.45) is 0 Å². The van der Waals surface area contributed by atoms with Crippen molar-refractivity contribution in [3.63, 3.8) is 0 Å². The van der Waals surface area contributed by atoms with Gasteiger partial charge in [-0.25, -0.2) is 15.0 Å². The Morgan fingerprint density at radius 1 is 1.04 bits per heavy atom. The molecule has 0 unspecified atom stereocenters.